The van der Waals surface area contributed by atoms with E-state index in [1.165, 1.54) is 24.0 Å². The number of carbonyl (C=O) groups is 2. The maximum absolute atomic E-state index is 13.2. The zero-order valence-corrected chi connectivity index (χ0v) is 14.7. The molecule has 8 heteroatoms. The van der Waals surface area contributed by atoms with Gasteiger partial charge in [0, 0.05) is 30.6 Å². The Labute approximate surface area is 153 Å². The average Bonchev–Trinajstić information content (AvgIpc) is 2.54. The summed E-state index contributed by atoms with van der Waals surface area (Å²) in [5.41, 5.74) is 0.443. The summed E-state index contributed by atoms with van der Waals surface area (Å²) in [7, 11) is 0. The highest BCUT2D eigenvalue weighted by Gasteiger charge is 2.16. The second kappa shape index (κ2) is 8.27. The van der Waals surface area contributed by atoms with Crippen molar-refractivity contribution in [3.63, 3.8) is 0 Å². The van der Waals surface area contributed by atoms with Gasteiger partial charge in [-0.3, -0.25) is 9.59 Å². The molecule has 25 heavy (non-hydrogen) atoms. The van der Waals surface area contributed by atoms with E-state index in [0.717, 1.165) is 12.1 Å². The van der Waals surface area contributed by atoms with Crippen LogP contribution in [0.25, 0.3) is 0 Å². The predicted molar refractivity (Wildman–Crippen MR) is 93.2 cm³/mol. The van der Waals surface area contributed by atoms with E-state index in [1.807, 2.05) is 0 Å². The smallest absolute Gasteiger partial charge is 0.251 e. The van der Waals surface area contributed by atoms with Crippen molar-refractivity contribution >= 4 is 40.7 Å². The van der Waals surface area contributed by atoms with Crippen LogP contribution in [0.2, 0.25) is 10.0 Å². The molecule has 2 amide bonds. The molecule has 0 bridgehead atoms. The van der Waals surface area contributed by atoms with Crippen molar-refractivity contribution in [2.75, 3.05) is 18.0 Å². The van der Waals surface area contributed by atoms with Crippen molar-refractivity contribution in [2.24, 2.45) is 0 Å². The van der Waals surface area contributed by atoms with Crippen LogP contribution < -0.4 is 10.2 Å². The molecule has 0 radical (unpaired) electrons. The van der Waals surface area contributed by atoms with Crippen LogP contribution in [-0.2, 0) is 4.79 Å². The molecule has 1 N–H and O–H groups in total. The Morgan fingerprint density at radius 2 is 1.80 bits per heavy atom. The molecule has 0 fully saturated rings. The summed E-state index contributed by atoms with van der Waals surface area (Å²) >= 11 is 11.9. The lowest BCUT2D eigenvalue weighted by Gasteiger charge is -2.22. The standard InChI is InChI=1S/C17H14Cl2F2N2O2/c1-10(24)23(16-5-3-12(18)9-13(16)19)7-6-22-17(25)11-2-4-14(20)15(21)8-11/h2-5,8-9H,6-7H2,1H3,(H,22,25). The fraction of sp³-hybridized carbons (Fsp3) is 0.176. The number of anilines is 1. The van der Waals surface area contributed by atoms with Crippen molar-refractivity contribution < 1.29 is 18.4 Å². The Kier molecular flexibility index (Phi) is 6.33. The van der Waals surface area contributed by atoms with Gasteiger partial charge in [0.05, 0.1) is 10.7 Å². The minimum absolute atomic E-state index is 0.0159. The molecule has 0 heterocycles. The van der Waals surface area contributed by atoms with Gasteiger partial charge >= 0.3 is 0 Å². The van der Waals surface area contributed by atoms with Crippen molar-refractivity contribution in [2.45, 2.75) is 6.92 Å². The quantitative estimate of drug-likeness (QED) is 0.842. The fourth-order valence-corrected chi connectivity index (χ4v) is 2.68. The van der Waals surface area contributed by atoms with Crippen LogP contribution in [0.5, 0.6) is 0 Å². The van der Waals surface area contributed by atoms with E-state index in [4.69, 9.17) is 23.2 Å². The average molecular weight is 387 g/mol. The largest absolute Gasteiger partial charge is 0.350 e. The van der Waals surface area contributed by atoms with Gasteiger partial charge in [-0.2, -0.15) is 0 Å². The van der Waals surface area contributed by atoms with E-state index in [2.05, 4.69) is 5.32 Å². The van der Waals surface area contributed by atoms with Gasteiger partial charge in [0.1, 0.15) is 0 Å². The van der Waals surface area contributed by atoms with E-state index in [0.29, 0.717) is 15.7 Å². The van der Waals surface area contributed by atoms with Crippen LogP contribution >= 0.6 is 23.2 Å². The number of nitrogens with zero attached hydrogens (tertiary/aromatic N) is 1. The highest BCUT2D eigenvalue weighted by atomic mass is 35.5. The van der Waals surface area contributed by atoms with E-state index < -0.39 is 17.5 Å². The summed E-state index contributed by atoms with van der Waals surface area (Å²) in [5.74, 6) is -2.99. The van der Waals surface area contributed by atoms with E-state index >= 15 is 0 Å². The van der Waals surface area contributed by atoms with Crippen molar-refractivity contribution in [1.29, 1.82) is 0 Å². The number of halogens is 4. The summed E-state index contributed by atoms with van der Waals surface area (Å²) < 4.78 is 26.1. The highest BCUT2D eigenvalue weighted by Crippen LogP contribution is 2.28. The van der Waals surface area contributed by atoms with Crippen LogP contribution in [-0.4, -0.2) is 24.9 Å². The highest BCUT2D eigenvalue weighted by molar-refractivity contribution is 6.36. The Morgan fingerprint density at radius 1 is 1.08 bits per heavy atom. The number of carbonyl (C=O) groups excluding carboxylic acids is 2. The third kappa shape index (κ3) is 4.90. The number of rotatable bonds is 5. The first-order valence-electron chi connectivity index (χ1n) is 7.26. The first-order chi connectivity index (χ1) is 11.8. The third-order valence-electron chi connectivity index (χ3n) is 3.38. The summed E-state index contributed by atoms with van der Waals surface area (Å²) in [6, 6.07) is 7.56. The SMILES string of the molecule is CC(=O)N(CCNC(=O)c1ccc(F)c(F)c1)c1ccc(Cl)cc1Cl. The van der Waals surface area contributed by atoms with Crippen LogP contribution in [0.15, 0.2) is 36.4 Å². The van der Waals surface area contributed by atoms with Gasteiger partial charge in [-0.1, -0.05) is 23.2 Å². The van der Waals surface area contributed by atoms with E-state index in [-0.39, 0.29) is 24.6 Å². The summed E-state index contributed by atoms with van der Waals surface area (Å²) in [6.45, 7) is 1.60. The molecule has 2 aromatic carbocycles. The Bertz CT molecular complexity index is 815. The monoisotopic (exact) mass is 386 g/mol. The van der Waals surface area contributed by atoms with Gasteiger partial charge in [-0.25, -0.2) is 8.78 Å². The number of hydrogen-bond acceptors (Lipinski definition) is 2. The molecule has 0 unspecified atom stereocenters. The molecule has 0 atom stereocenters. The summed E-state index contributed by atoms with van der Waals surface area (Å²) in [4.78, 5) is 25.2. The fourth-order valence-electron chi connectivity index (χ4n) is 2.17. The zero-order chi connectivity index (χ0) is 18.6. The van der Waals surface area contributed by atoms with Gasteiger partial charge in [0.25, 0.3) is 5.91 Å². The van der Waals surface area contributed by atoms with E-state index in [9.17, 15) is 18.4 Å². The molecule has 132 valence electrons. The molecular weight excluding hydrogens is 373 g/mol. The number of hydrogen-bond donors (Lipinski definition) is 1. The first-order valence-corrected chi connectivity index (χ1v) is 8.01. The van der Waals surface area contributed by atoms with Crippen LogP contribution in [0.4, 0.5) is 14.5 Å². The second-order valence-corrected chi connectivity index (χ2v) is 5.99. The van der Waals surface area contributed by atoms with Crippen molar-refractivity contribution in [3.05, 3.63) is 63.6 Å². The summed E-state index contributed by atoms with van der Waals surface area (Å²) in [5, 5.41) is 3.28. The van der Waals surface area contributed by atoms with E-state index in [1.54, 1.807) is 12.1 Å². The molecule has 0 aromatic heterocycles. The Balaban J connectivity index is 2.03. The minimum atomic E-state index is -1.11. The van der Waals surface area contributed by atoms with Crippen molar-refractivity contribution in [1.82, 2.24) is 5.32 Å². The third-order valence-corrected chi connectivity index (χ3v) is 3.92. The molecule has 0 spiro atoms. The molecule has 0 aliphatic carbocycles. The summed E-state index contributed by atoms with van der Waals surface area (Å²) in [6.07, 6.45) is 0. The van der Waals surface area contributed by atoms with Gasteiger partial charge in [0.15, 0.2) is 11.6 Å². The van der Waals surface area contributed by atoms with Crippen molar-refractivity contribution in [3.8, 4) is 0 Å². The second-order valence-electron chi connectivity index (χ2n) is 5.15. The first kappa shape index (κ1) is 19.1. The zero-order valence-electron chi connectivity index (χ0n) is 13.2. The van der Waals surface area contributed by atoms with Gasteiger partial charge in [-0.15, -0.1) is 0 Å². The minimum Gasteiger partial charge on any atom is -0.350 e. The number of nitrogens with one attached hydrogen (secondary N) is 1. The molecule has 2 aromatic rings. The molecule has 0 aliphatic heterocycles. The lowest BCUT2D eigenvalue weighted by molar-refractivity contribution is -0.116. The predicted octanol–water partition coefficient (Wildman–Crippen LogP) is 4.05. The van der Waals surface area contributed by atoms with Gasteiger partial charge in [-0.05, 0) is 36.4 Å². The number of benzene rings is 2. The molecule has 0 saturated carbocycles. The normalized spacial score (nSPS) is 10.4. The maximum Gasteiger partial charge on any atom is 0.251 e. The topological polar surface area (TPSA) is 49.4 Å². The maximum atomic E-state index is 13.2. The molecule has 0 aliphatic rings. The Morgan fingerprint density at radius 3 is 2.40 bits per heavy atom. The molecule has 0 saturated heterocycles. The lowest BCUT2D eigenvalue weighted by Crippen LogP contribution is -2.37. The molecular formula is C17H14Cl2F2N2O2. The van der Waals surface area contributed by atoms with Crippen LogP contribution in [0.1, 0.15) is 17.3 Å². The molecule has 4 nitrogen and oxygen atoms in total. The van der Waals surface area contributed by atoms with Crippen LogP contribution in [0.3, 0.4) is 0 Å². The van der Waals surface area contributed by atoms with Crippen LogP contribution in [0, 0.1) is 11.6 Å². The Hall–Kier alpha value is -2.18. The van der Waals surface area contributed by atoms with Gasteiger partial charge < -0.3 is 10.2 Å². The molecule has 2 rings (SSSR count). The van der Waals surface area contributed by atoms with Gasteiger partial charge in [0.2, 0.25) is 5.91 Å². The number of amides is 2. The lowest BCUT2D eigenvalue weighted by atomic mass is 10.2.